The molecule has 2 rings (SSSR count). The second-order valence-electron chi connectivity index (χ2n) is 6.24. The number of aromatic nitrogens is 2. The first kappa shape index (κ1) is 16.6. The average Bonchev–Trinajstić information content (AvgIpc) is 2.84. The number of hydrogen-bond donors (Lipinski definition) is 1. The van der Waals surface area contributed by atoms with Gasteiger partial charge in [-0.15, -0.1) is 11.3 Å². The van der Waals surface area contributed by atoms with Gasteiger partial charge in [-0.25, -0.2) is 4.98 Å². The molecule has 7 heteroatoms. The zero-order valence-corrected chi connectivity index (χ0v) is 14.2. The third kappa shape index (κ3) is 4.38. The van der Waals surface area contributed by atoms with Gasteiger partial charge in [-0.3, -0.25) is 18.9 Å². The minimum Gasteiger partial charge on any atom is -0.350 e. The average molecular weight is 322 g/mol. The van der Waals surface area contributed by atoms with Crippen molar-refractivity contribution in [1.29, 1.82) is 0 Å². The molecule has 22 heavy (non-hydrogen) atoms. The molecule has 1 N–H and O–H groups in total. The fraction of sp³-hybridized carbons (Fsp3) is 0.533. The standard InChI is InChI=1S/C15H22N4O2S/c1-5-18(10-12(20)17-15(2,3)4)9-11-8-13(21)19-6-7-22-14(19)16-11/h6-8H,5,9-10H2,1-4H3,(H,17,20). The van der Waals surface area contributed by atoms with Crippen LogP contribution in [0, 0.1) is 0 Å². The lowest BCUT2D eigenvalue weighted by Crippen LogP contribution is -2.45. The number of hydrogen-bond acceptors (Lipinski definition) is 5. The molecule has 120 valence electrons. The molecule has 0 aliphatic heterocycles. The van der Waals surface area contributed by atoms with Crippen LogP contribution in [0.2, 0.25) is 0 Å². The number of carbonyl (C=O) groups excluding carboxylic acids is 1. The SMILES string of the molecule is CCN(CC(=O)NC(C)(C)C)Cc1cc(=O)n2ccsc2n1. The van der Waals surface area contributed by atoms with E-state index in [4.69, 9.17) is 0 Å². The lowest BCUT2D eigenvalue weighted by atomic mass is 10.1. The van der Waals surface area contributed by atoms with Crippen LogP contribution >= 0.6 is 11.3 Å². The van der Waals surface area contributed by atoms with Crippen molar-refractivity contribution in [3.8, 4) is 0 Å². The summed E-state index contributed by atoms with van der Waals surface area (Å²) < 4.78 is 1.52. The molecule has 6 nitrogen and oxygen atoms in total. The van der Waals surface area contributed by atoms with Gasteiger partial charge >= 0.3 is 0 Å². The minimum absolute atomic E-state index is 0.0247. The quantitative estimate of drug-likeness (QED) is 0.906. The van der Waals surface area contributed by atoms with E-state index in [0.717, 1.165) is 0 Å². The summed E-state index contributed by atoms with van der Waals surface area (Å²) in [6, 6.07) is 1.53. The van der Waals surface area contributed by atoms with Crippen LogP contribution in [0.15, 0.2) is 22.4 Å². The van der Waals surface area contributed by atoms with Crippen LogP contribution in [0.4, 0.5) is 0 Å². The number of carbonyl (C=O) groups is 1. The van der Waals surface area contributed by atoms with Gasteiger partial charge in [-0.1, -0.05) is 6.92 Å². The Balaban J connectivity index is 2.08. The second kappa shape index (κ2) is 6.58. The van der Waals surface area contributed by atoms with Gasteiger partial charge < -0.3 is 5.32 Å². The Morgan fingerprint density at radius 2 is 2.18 bits per heavy atom. The highest BCUT2D eigenvalue weighted by Crippen LogP contribution is 2.08. The molecule has 0 saturated heterocycles. The predicted molar refractivity (Wildman–Crippen MR) is 88.2 cm³/mol. The summed E-state index contributed by atoms with van der Waals surface area (Å²) in [4.78, 5) is 31.1. The fourth-order valence-corrected chi connectivity index (χ4v) is 2.88. The van der Waals surface area contributed by atoms with Gasteiger partial charge in [-0.05, 0) is 27.3 Å². The largest absolute Gasteiger partial charge is 0.350 e. The summed E-state index contributed by atoms with van der Waals surface area (Å²) in [7, 11) is 0. The molecular formula is C15H22N4O2S. The summed E-state index contributed by atoms with van der Waals surface area (Å²) in [6.45, 7) is 9.33. The molecular weight excluding hydrogens is 300 g/mol. The second-order valence-corrected chi connectivity index (χ2v) is 7.12. The first-order chi connectivity index (χ1) is 10.3. The van der Waals surface area contributed by atoms with Crippen LogP contribution in [-0.4, -0.2) is 38.8 Å². The maximum atomic E-state index is 12.0. The highest BCUT2D eigenvalue weighted by Gasteiger charge is 2.17. The van der Waals surface area contributed by atoms with Crippen molar-refractivity contribution in [2.24, 2.45) is 0 Å². The number of rotatable bonds is 5. The number of amides is 1. The predicted octanol–water partition coefficient (Wildman–Crippen LogP) is 1.49. The minimum atomic E-state index is -0.247. The van der Waals surface area contributed by atoms with Crippen LogP contribution in [0.3, 0.4) is 0 Å². The number of likely N-dealkylation sites (N-methyl/N-ethyl adjacent to an activating group) is 1. The Morgan fingerprint density at radius 3 is 2.82 bits per heavy atom. The molecule has 2 heterocycles. The molecule has 0 aliphatic carbocycles. The molecule has 2 aromatic heterocycles. The van der Waals surface area contributed by atoms with Gasteiger partial charge in [0.15, 0.2) is 4.96 Å². The maximum Gasteiger partial charge on any atom is 0.258 e. The molecule has 0 aromatic carbocycles. The van der Waals surface area contributed by atoms with E-state index in [1.54, 1.807) is 6.20 Å². The van der Waals surface area contributed by atoms with E-state index in [-0.39, 0.29) is 17.0 Å². The number of fused-ring (bicyclic) bond motifs is 1. The van der Waals surface area contributed by atoms with Crippen LogP contribution in [-0.2, 0) is 11.3 Å². The van der Waals surface area contributed by atoms with E-state index in [9.17, 15) is 9.59 Å². The smallest absolute Gasteiger partial charge is 0.258 e. The van der Waals surface area contributed by atoms with E-state index in [0.29, 0.717) is 30.3 Å². The molecule has 0 saturated carbocycles. The Hall–Kier alpha value is -1.73. The molecule has 0 atom stereocenters. The maximum absolute atomic E-state index is 12.0. The molecule has 0 bridgehead atoms. The summed E-state index contributed by atoms with van der Waals surface area (Å²) >= 11 is 1.43. The summed E-state index contributed by atoms with van der Waals surface area (Å²) in [5.41, 5.74) is 0.359. The fourth-order valence-electron chi connectivity index (χ4n) is 2.14. The zero-order valence-electron chi connectivity index (χ0n) is 13.4. The van der Waals surface area contributed by atoms with Crippen molar-refractivity contribution in [2.75, 3.05) is 13.1 Å². The first-order valence-electron chi connectivity index (χ1n) is 7.27. The third-order valence-electron chi connectivity index (χ3n) is 3.07. The van der Waals surface area contributed by atoms with Crippen molar-refractivity contribution in [2.45, 2.75) is 39.8 Å². The van der Waals surface area contributed by atoms with Crippen LogP contribution in [0.1, 0.15) is 33.4 Å². The monoisotopic (exact) mass is 322 g/mol. The van der Waals surface area contributed by atoms with E-state index in [1.807, 2.05) is 38.0 Å². The Kier molecular flexibility index (Phi) is 4.97. The van der Waals surface area contributed by atoms with E-state index < -0.39 is 0 Å². The Bertz CT molecular complexity index is 714. The van der Waals surface area contributed by atoms with Crippen molar-refractivity contribution in [3.05, 3.63) is 33.7 Å². The molecule has 1 amide bonds. The Labute approximate surface area is 133 Å². The first-order valence-corrected chi connectivity index (χ1v) is 8.15. The van der Waals surface area contributed by atoms with Gasteiger partial charge in [0.1, 0.15) is 0 Å². The number of nitrogens with one attached hydrogen (secondary N) is 1. The summed E-state index contributed by atoms with van der Waals surface area (Å²) in [5.74, 6) is -0.0247. The van der Waals surface area contributed by atoms with Gasteiger partial charge in [0.2, 0.25) is 5.91 Å². The van der Waals surface area contributed by atoms with Crippen LogP contribution in [0.25, 0.3) is 4.96 Å². The van der Waals surface area contributed by atoms with Gasteiger partial charge in [0, 0.05) is 29.7 Å². The summed E-state index contributed by atoms with van der Waals surface area (Å²) in [6.07, 6.45) is 1.72. The molecule has 0 radical (unpaired) electrons. The normalized spacial score (nSPS) is 12.0. The highest BCUT2D eigenvalue weighted by atomic mass is 32.1. The van der Waals surface area contributed by atoms with Gasteiger partial charge in [-0.2, -0.15) is 0 Å². The van der Waals surface area contributed by atoms with E-state index in [1.165, 1.54) is 21.8 Å². The summed E-state index contributed by atoms with van der Waals surface area (Å²) in [5, 5.41) is 4.78. The van der Waals surface area contributed by atoms with Crippen molar-refractivity contribution in [3.63, 3.8) is 0 Å². The lowest BCUT2D eigenvalue weighted by Gasteiger charge is -2.24. The third-order valence-corrected chi connectivity index (χ3v) is 3.83. The van der Waals surface area contributed by atoms with Crippen molar-refractivity contribution >= 4 is 22.2 Å². The molecule has 0 spiro atoms. The highest BCUT2D eigenvalue weighted by molar-refractivity contribution is 7.15. The van der Waals surface area contributed by atoms with E-state index >= 15 is 0 Å². The van der Waals surface area contributed by atoms with Gasteiger partial charge in [0.25, 0.3) is 5.56 Å². The van der Waals surface area contributed by atoms with E-state index in [2.05, 4.69) is 10.3 Å². The van der Waals surface area contributed by atoms with Crippen molar-refractivity contribution < 1.29 is 4.79 Å². The lowest BCUT2D eigenvalue weighted by molar-refractivity contribution is -0.123. The Morgan fingerprint density at radius 1 is 1.45 bits per heavy atom. The van der Waals surface area contributed by atoms with Crippen molar-refractivity contribution in [1.82, 2.24) is 19.6 Å². The van der Waals surface area contributed by atoms with Crippen LogP contribution < -0.4 is 10.9 Å². The number of thiazole rings is 1. The molecule has 0 unspecified atom stereocenters. The topological polar surface area (TPSA) is 66.7 Å². The molecule has 2 aromatic rings. The molecule has 0 aliphatic rings. The van der Waals surface area contributed by atoms with Crippen LogP contribution in [0.5, 0.6) is 0 Å². The van der Waals surface area contributed by atoms with Gasteiger partial charge in [0.05, 0.1) is 12.2 Å². The zero-order chi connectivity index (χ0) is 16.3. The number of nitrogens with zero attached hydrogens (tertiary/aromatic N) is 3. The molecule has 0 fully saturated rings.